The van der Waals surface area contributed by atoms with Gasteiger partial charge in [-0.1, -0.05) is 18.2 Å². The van der Waals surface area contributed by atoms with Crippen LogP contribution in [0.1, 0.15) is 24.1 Å². The molecule has 0 bridgehead atoms. The first kappa shape index (κ1) is 18.0. The summed E-state index contributed by atoms with van der Waals surface area (Å²) in [7, 11) is 0. The van der Waals surface area contributed by atoms with Crippen LogP contribution in [0.2, 0.25) is 0 Å². The second-order valence-electron chi connectivity index (χ2n) is 6.57. The smallest absolute Gasteiger partial charge is 0.370 e. The van der Waals surface area contributed by atoms with E-state index in [2.05, 4.69) is 4.98 Å². The highest BCUT2D eigenvalue weighted by Gasteiger charge is 2.34. The summed E-state index contributed by atoms with van der Waals surface area (Å²) in [4.78, 5) is 18.8. The highest BCUT2D eigenvalue weighted by atomic mass is 19.4. The van der Waals surface area contributed by atoms with Crippen LogP contribution in [-0.2, 0) is 6.18 Å². The third-order valence-corrected chi connectivity index (χ3v) is 4.83. The van der Waals surface area contributed by atoms with Crippen molar-refractivity contribution in [1.29, 1.82) is 5.26 Å². The fourth-order valence-corrected chi connectivity index (χ4v) is 3.59. The van der Waals surface area contributed by atoms with Crippen molar-refractivity contribution in [2.75, 3.05) is 18.0 Å². The van der Waals surface area contributed by atoms with E-state index in [9.17, 15) is 23.2 Å². The molecule has 1 fully saturated rings. The van der Waals surface area contributed by atoms with Gasteiger partial charge in [-0.15, -0.1) is 0 Å². The van der Waals surface area contributed by atoms with Gasteiger partial charge in [0.1, 0.15) is 23.0 Å². The predicted octanol–water partition coefficient (Wildman–Crippen LogP) is 3.88. The molecule has 5 nitrogen and oxygen atoms in total. The molecule has 1 saturated heterocycles. The van der Waals surface area contributed by atoms with Gasteiger partial charge in [0, 0.05) is 18.5 Å². The standard InChI is InChI=1S/C20H15F3N4O/c21-20(22,23)16-9-8-14-17(26-10-4-5-11-26)15(12-24)19(28)27(18(14)25-16)13-6-2-1-3-7-13/h1-3,6-9H,4-5,10-11H2. The van der Waals surface area contributed by atoms with Crippen LogP contribution >= 0.6 is 0 Å². The Labute approximate surface area is 158 Å². The number of pyridine rings is 2. The quantitative estimate of drug-likeness (QED) is 0.673. The monoisotopic (exact) mass is 384 g/mol. The third-order valence-electron chi connectivity index (χ3n) is 4.83. The van der Waals surface area contributed by atoms with Crippen molar-refractivity contribution in [2.24, 2.45) is 0 Å². The molecule has 3 aromatic rings. The van der Waals surface area contributed by atoms with Crippen LogP contribution in [0.15, 0.2) is 47.3 Å². The van der Waals surface area contributed by atoms with Gasteiger partial charge in [0.25, 0.3) is 5.56 Å². The average molecular weight is 384 g/mol. The molecule has 0 N–H and O–H groups in total. The molecule has 4 rings (SSSR count). The molecular weight excluding hydrogens is 369 g/mol. The van der Waals surface area contributed by atoms with Crippen LogP contribution in [0, 0.1) is 11.3 Å². The Hall–Kier alpha value is -3.34. The lowest BCUT2D eigenvalue weighted by molar-refractivity contribution is -0.141. The molecule has 0 saturated carbocycles. The number of hydrogen-bond acceptors (Lipinski definition) is 4. The summed E-state index contributed by atoms with van der Waals surface area (Å²) in [5.41, 5.74) is -1.22. The first-order valence-corrected chi connectivity index (χ1v) is 8.79. The Balaban J connectivity index is 2.15. The molecule has 2 aromatic heterocycles. The molecule has 0 aliphatic carbocycles. The molecule has 28 heavy (non-hydrogen) atoms. The van der Waals surface area contributed by atoms with E-state index in [1.807, 2.05) is 11.0 Å². The molecule has 3 heterocycles. The molecule has 0 radical (unpaired) electrons. The summed E-state index contributed by atoms with van der Waals surface area (Å²) in [5.74, 6) is 0. The fraction of sp³-hybridized carbons (Fsp3) is 0.250. The van der Waals surface area contributed by atoms with E-state index in [1.54, 1.807) is 30.3 Å². The van der Waals surface area contributed by atoms with Gasteiger partial charge in [-0.3, -0.25) is 9.36 Å². The average Bonchev–Trinajstić information content (AvgIpc) is 3.21. The molecule has 0 amide bonds. The topological polar surface area (TPSA) is 61.9 Å². The zero-order valence-corrected chi connectivity index (χ0v) is 14.7. The lowest BCUT2D eigenvalue weighted by Gasteiger charge is -2.23. The molecule has 0 atom stereocenters. The van der Waals surface area contributed by atoms with Gasteiger partial charge in [-0.25, -0.2) is 4.98 Å². The summed E-state index contributed by atoms with van der Waals surface area (Å²) in [6.07, 6.45) is -2.86. The van der Waals surface area contributed by atoms with Crippen molar-refractivity contribution >= 4 is 16.7 Å². The van der Waals surface area contributed by atoms with Gasteiger partial charge in [0.05, 0.1) is 11.4 Å². The second-order valence-corrected chi connectivity index (χ2v) is 6.57. The van der Waals surface area contributed by atoms with Crippen LogP contribution in [-0.4, -0.2) is 22.6 Å². The van der Waals surface area contributed by atoms with Crippen LogP contribution in [0.5, 0.6) is 0 Å². The summed E-state index contributed by atoms with van der Waals surface area (Å²) in [6.45, 7) is 1.28. The lowest BCUT2D eigenvalue weighted by atomic mass is 10.1. The fourth-order valence-electron chi connectivity index (χ4n) is 3.59. The molecule has 1 aromatic carbocycles. The number of hydrogen-bond donors (Lipinski definition) is 0. The maximum atomic E-state index is 13.3. The maximum Gasteiger partial charge on any atom is 0.433 e. The Morgan fingerprint density at radius 1 is 1.04 bits per heavy atom. The van der Waals surface area contributed by atoms with Crippen molar-refractivity contribution in [3.8, 4) is 11.8 Å². The third kappa shape index (κ3) is 2.89. The molecule has 0 spiro atoms. The maximum absolute atomic E-state index is 13.3. The molecule has 1 aliphatic heterocycles. The second kappa shape index (κ2) is 6.68. The summed E-state index contributed by atoms with van der Waals surface area (Å²) in [6, 6.07) is 12.4. The molecular formula is C20H15F3N4O. The summed E-state index contributed by atoms with van der Waals surface area (Å²) in [5, 5.41) is 10.0. The summed E-state index contributed by atoms with van der Waals surface area (Å²) >= 11 is 0. The Morgan fingerprint density at radius 3 is 2.32 bits per heavy atom. The van der Waals surface area contributed by atoms with E-state index in [0.717, 1.165) is 23.5 Å². The number of nitriles is 1. The van der Waals surface area contributed by atoms with E-state index in [1.165, 1.54) is 6.07 Å². The normalized spacial score (nSPS) is 14.4. The number of nitrogens with zero attached hydrogens (tertiary/aromatic N) is 4. The minimum absolute atomic E-state index is 0.0835. The van der Waals surface area contributed by atoms with E-state index in [0.29, 0.717) is 29.9 Å². The van der Waals surface area contributed by atoms with Crippen molar-refractivity contribution in [2.45, 2.75) is 19.0 Å². The first-order chi connectivity index (χ1) is 13.4. The number of aromatic nitrogens is 2. The van der Waals surface area contributed by atoms with E-state index in [4.69, 9.17) is 0 Å². The van der Waals surface area contributed by atoms with Crippen LogP contribution < -0.4 is 10.5 Å². The molecule has 142 valence electrons. The van der Waals surface area contributed by atoms with E-state index in [-0.39, 0.29) is 11.2 Å². The number of anilines is 1. The van der Waals surface area contributed by atoms with Crippen LogP contribution in [0.25, 0.3) is 16.7 Å². The largest absolute Gasteiger partial charge is 0.433 e. The summed E-state index contributed by atoms with van der Waals surface area (Å²) < 4.78 is 40.9. The van der Waals surface area contributed by atoms with Crippen molar-refractivity contribution in [3.63, 3.8) is 0 Å². The van der Waals surface area contributed by atoms with E-state index < -0.39 is 17.4 Å². The minimum Gasteiger partial charge on any atom is -0.370 e. The van der Waals surface area contributed by atoms with Gasteiger partial charge < -0.3 is 4.90 Å². The first-order valence-electron chi connectivity index (χ1n) is 8.79. The van der Waals surface area contributed by atoms with Crippen LogP contribution in [0.3, 0.4) is 0 Å². The Kier molecular flexibility index (Phi) is 4.30. The molecule has 0 unspecified atom stereocenters. The number of halogens is 3. The van der Waals surface area contributed by atoms with Crippen molar-refractivity contribution in [1.82, 2.24) is 9.55 Å². The number of fused-ring (bicyclic) bond motifs is 1. The van der Waals surface area contributed by atoms with Gasteiger partial charge in [-0.2, -0.15) is 18.4 Å². The van der Waals surface area contributed by atoms with Gasteiger partial charge >= 0.3 is 6.18 Å². The number of benzene rings is 1. The lowest BCUT2D eigenvalue weighted by Crippen LogP contribution is -2.29. The molecule has 1 aliphatic rings. The Bertz CT molecular complexity index is 1140. The highest BCUT2D eigenvalue weighted by Crippen LogP contribution is 2.34. The zero-order chi connectivity index (χ0) is 19.9. The van der Waals surface area contributed by atoms with Crippen molar-refractivity contribution in [3.05, 3.63) is 64.1 Å². The van der Waals surface area contributed by atoms with E-state index >= 15 is 0 Å². The Morgan fingerprint density at radius 2 is 1.71 bits per heavy atom. The van der Waals surface area contributed by atoms with Gasteiger partial charge in [-0.05, 0) is 37.1 Å². The number of alkyl halides is 3. The number of para-hydroxylation sites is 1. The van der Waals surface area contributed by atoms with Crippen LogP contribution in [0.4, 0.5) is 18.9 Å². The van der Waals surface area contributed by atoms with Gasteiger partial charge in [0.2, 0.25) is 0 Å². The van der Waals surface area contributed by atoms with Crippen molar-refractivity contribution < 1.29 is 13.2 Å². The minimum atomic E-state index is -4.65. The zero-order valence-electron chi connectivity index (χ0n) is 14.7. The predicted molar refractivity (Wildman–Crippen MR) is 98.5 cm³/mol. The molecule has 8 heteroatoms. The number of rotatable bonds is 2. The highest BCUT2D eigenvalue weighted by molar-refractivity contribution is 5.94. The van der Waals surface area contributed by atoms with Gasteiger partial charge in [0.15, 0.2) is 0 Å². The SMILES string of the molecule is N#Cc1c(N2CCCC2)c2ccc(C(F)(F)F)nc2n(-c2ccccc2)c1=O.